The van der Waals surface area contributed by atoms with E-state index in [0.29, 0.717) is 6.16 Å². The van der Waals surface area contributed by atoms with E-state index in [1.54, 1.807) is 12.7 Å². The molecule has 0 aromatic heterocycles. The summed E-state index contributed by atoms with van der Waals surface area (Å²) in [7, 11) is -2.46. The average molecular weight is 174 g/mol. The van der Waals surface area contributed by atoms with E-state index in [0.717, 1.165) is 5.57 Å². The van der Waals surface area contributed by atoms with E-state index in [4.69, 9.17) is 5.11 Å². The van der Waals surface area contributed by atoms with Crippen LogP contribution in [0.15, 0.2) is 11.6 Å². The number of aliphatic carboxylic acids is 1. The molecule has 1 rings (SSSR count). The molecule has 4 heteroatoms. The van der Waals surface area contributed by atoms with Crippen LogP contribution < -0.4 is 0 Å². The Kier molecular flexibility index (Phi) is 1.93. The summed E-state index contributed by atoms with van der Waals surface area (Å²) >= 11 is 0. The van der Waals surface area contributed by atoms with Crippen LogP contribution >= 0.6 is 7.14 Å². The summed E-state index contributed by atoms with van der Waals surface area (Å²) in [4.78, 5) is 10.5. The van der Waals surface area contributed by atoms with Gasteiger partial charge in [-0.1, -0.05) is 11.6 Å². The fourth-order valence-corrected chi connectivity index (χ4v) is 3.71. The Hall–Kier alpha value is -0.560. The van der Waals surface area contributed by atoms with E-state index in [1.165, 1.54) is 0 Å². The Morgan fingerprint density at radius 2 is 2.36 bits per heavy atom. The van der Waals surface area contributed by atoms with Gasteiger partial charge in [0.25, 0.3) is 0 Å². The predicted molar refractivity (Wildman–Crippen MR) is 43.6 cm³/mol. The monoisotopic (exact) mass is 174 g/mol. The van der Waals surface area contributed by atoms with Crippen molar-refractivity contribution < 1.29 is 14.5 Å². The van der Waals surface area contributed by atoms with Crippen molar-refractivity contribution in [2.45, 2.75) is 12.6 Å². The van der Waals surface area contributed by atoms with E-state index in [9.17, 15) is 9.36 Å². The molecule has 0 bridgehead atoms. The minimum absolute atomic E-state index is 0.462. The highest BCUT2D eigenvalue weighted by Gasteiger charge is 2.37. The quantitative estimate of drug-likeness (QED) is 0.482. The van der Waals surface area contributed by atoms with Gasteiger partial charge in [0.15, 0.2) is 0 Å². The number of carboxylic acid groups (broad SMARTS) is 1. The van der Waals surface area contributed by atoms with Gasteiger partial charge in [0.1, 0.15) is 12.8 Å². The van der Waals surface area contributed by atoms with Gasteiger partial charge in [-0.3, -0.25) is 4.79 Å². The van der Waals surface area contributed by atoms with Gasteiger partial charge in [-0.25, -0.2) is 0 Å². The third kappa shape index (κ3) is 1.54. The molecule has 62 valence electrons. The van der Waals surface area contributed by atoms with Gasteiger partial charge >= 0.3 is 5.97 Å². The van der Waals surface area contributed by atoms with Crippen LogP contribution in [0.2, 0.25) is 0 Å². The first-order valence-corrected chi connectivity index (χ1v) is 5.80. The van der Waals surface area contributed by atoms with Crippen molar-refractivity contribution in [3.05, 3.63) is 11.6 Å². The standard InChI is InChI=1S/C7H11O3P/c1-5-3-6(7(8)9)11(2,10)4-5/h3,6H,4H2,1-2H3,(H,8,9). The average Bonchev–Trinajstić information content (AvgIpc) is 2.04. The first kappa shape index (κ1) is 8.54. The fraction of sp³-hybridized carbons (Fsp3) is 0.571. The summed E-state index contributed by atoms with van der Waals surface area (Å²) in [6, 6.07) is 0. The maximum Gasteiger partial charge on any atom is 0.317 e. The van der Waals surface area contributed by atoms with Crippen molar-refractivity contribution in [3.63, 3.8) is 0 Å². The van der Waals surface area contributed by atoms with Crippen molar-refractivity contribution in [2.24, 2.45) is 0 Å². The van der Waals surface area contributed by atoms with E-state index in [-0.39, 0.29) is 0 Å². The number of hydrogen-bond donors (Lipinski definition) is 1. The van der Waals surface area contributed by atoms with Crippen molar-refractivity contribution in [1.82, 2.24) is 0 Å². The van der Waals surface area contributed by atoms with Crippen molar-refractivity contribution in [2.75, 3.05) is 12.8 Å². The van der Waals surface area contributed by atoms with E-state index >= 15 is 0 Å². The highest BCUT2D eigenvalue weighted by Crippen LogP contribution is 2.53. The number of rotatable bonds is 1. The molecule has 1 heterocycles. The van der Waals surface area contributed by atoms with Crippen molar-refractivity contribution in [3.8, 4) is 0 Å². The third-order valence-corrected chi connectivity index (χ3v) is 4.52. The molecule has 1 aliphatic heterocycles. The van der Waals surface area contributed by atoms with Crippen LogP contribution in [0.25, 0.3) is 0 Å². The molecular weight excluding hydrogens is 163 g/mol. The molecule has 0 radical (unpaired) electrons. The van der Waals surface area contributed by atoms with Gasteiger partial charge in [0.05, 0.1) is 0 Å². The number of carboxylic acids is 1. The first-order chi connectivity index (χ1) is 4.93. The lowest BCUT2D eigenvalue weighted by Gasteiger charge is -2.09. The SMILES string of the molecule is CC1=CC(C(=O)O)P(C)(=O)C1. The molecule has 1 aliphatic rings. The molecule has 0 saturated heterocycles. The number of carbonyl (C=O) groups is 1. The Bertz CT molecular complexity index is 267. The highest BCUT2D eigenvalue weighted by atomic mass is 31.2. The fourth-order valence-electron chi connectivity index (χ4n) is 1.38. The second-order valence-electron chi connectivity index (χ2n) is 3.13. The van der Waals surface area contributed by atoms with Crippen LogP contribution in [-0.2, 0) is 9.36 Å². The summed E-state index contributed by atoms with van der Waals surface area (Å²) in [5.74, 6) is -0.965. The minimum atomic E-state index is -2.46. The lowest BCUT2D eigenvalue weighted by molar-refractivity contribution is -0.135. The molecule has 1 N–H and O–H groups in total. The van der Waals surface area contributed by atoms with Gasteiger partial charge in [-0.15, -0.1) is 0 Å². The maximum absolute atomic E-state index is 11.6. The zero-order valence-corrected chi connectivity index (χ0v) is 7.47. The Balaban J connectivity index is 2.96. The molecule has 0 aliphatic carbocycles. The Labute approximate surface area is 65.5 Å². The summed E-state index contributed by atoms with van der Waals surface area (Å²) in [6.07, 6.45) is 2.06. The van der Waals surface area contributed by atoms with Crippen molar-refractivity contribution >= 4 is 13.1 Å². The van der Waals surface area contributed by atoms with Crippen LogP contribution in [0.1, 0.15) is 6.92 Å². The van der Waals surface area contributed by atoms with Crippen LogP contribution in [0.3, 0.4) is 0 Å². The van der Waals surface area contributed by atoms with Crippen molar-refractivity contribution in [1.29, 1.82) is 0 Å². The van der Waals surface area contributed by atoms with Gasteiger partial charge in [-0.2, -0.15) is 0 Å². The molecule has 2 unspecified atom stereocenters. The Morgan fingerprint density at radius 3 is 2.55 bits per heavy atom. The van der Waals surface area contributed by atoms with Gasteiger partial charge in [0, 0.05) is 6.16 Å². The summed E-state index contributed by atoms with van der Waals surface area (Å²) < 4.78 is 11.6. The minimum Gasteiger partial charge on any atom is -0.480 e. The third-order valence-electron chi connectivity index (χ3n) is 1.85. The van der Waals surface area contributed by atoms with Crippen LogP contribution in [0.4, 0.5) is 0 Å². The number of hydrogen-bond acceptors (Lipinski definition) is 2. The summed E-state index contributed by atoms with van der Waals surface area (Å²) in [6.45, 7) is 3.37. The molecular formula is C7H11O3P. The maximum atomic E-state index is 11.6. The second kappa shape index (κ2) is 2.49. The topological polar surface area (TPSA) is 54.4 Å². The molecule has 0 saturated carbocycles. The van der Waals surface area contributed by atoms with Gasteiger partial charge < -0.3 is 9.67 Å². The zero-order valence-electron chi connectivity index (χ0n) is 6.57. The zero-order chi connectivity index (χ0) is 8.65. The predicted octanol–water partition coefficient (Wildman–Crippen LogP) is 1.39. The molecule has 0 amide bonds. The summed E-state index contributed by atoms with van der Waals surface area (Å²) in [5.41, 5.74) is 0.200. The highest BCUT2D eigenvalue weighted by molar-refractivity contribution is 7.65. The van der Waals surface area contributed by atoms with Gasteiger partial charge in [0.2, 0.25) is 0 Å². The second-order valence-corrected chi connectivity index (χ2v) is 6.35. The molecule has 2 atom stereocenters. The summed E-state index contributed by atoms with van der Waals surface area (Å²) in [5, 5.41) is 8.65. The van der Waals surface area contributed by atoms with E-state index < -0.39 is 18.8 Å². The van der Waals surface area contributed by atoms with Crippen LogP contribution in [0, 0.1) is 0 Å². The normalized spacial score (nSPS) is 36.9. The smallest absolute Gasteiger partial charge is 0.317 e. The Morgan fingerprint density at radius 1 is 1.82 bits per heavy atom. The van der Waals surface area contributed by atoms with Gasteiger partial charge in [-0.05, 0) is 13.6 Å². The number of allylic oxidation sites excluding steroid dienone is 1. The molecule has 11 heavy (non-hydrogen) atoms. The van der Waals surface area contributed by atoms with E-state index in [1.807, 2.05) is 6.92 Å². The lowest BCUT2D eigenvalue weighted by Crippen LogP contribution is -2.14. The molecule has 0 fully saturated rings. The van der Waals surface area contributed by atoms with Crippen LogP contribution in [0.5, 0.6) is 0 Å². The van der Waals surface area contributed by atoms with E-state index in [2.05, 4.69) is 0 Å². The molecule has 0 spiro atoms. The lowest BCUT2D eigenvalue weighted by atomic mass is 10.3. The molecule has 0 aromatic rings. The molecule has 3 nitrogen and oxygen atoms in total. The molecule has 0 aromatic carbocycles. The van der Waals surface area contributed by atoms with Crippen LogP contribution in [-0.4, -0.2) is 29.6 Å². The largest absolute Gasteiger partial charge is 0.480 e. The first-order valence-electron chi connectivity index (χ1n) is 3.40.